The third-order valence-electron chi connectivity index (χ3n) is 2.66. The van der Waals surface area contributed by atoms with E-state index in [1.165, 1.54) is 0 Å². The van der Waals surface area contributed by atoms with Gasteiger partial charge in [0.25, 0.3) is 0 Å². The molecule has 0 saturated carbocycles. The van der Waals surface area contributed by atoms with E-state index in [2.05, 4.69) is 20.3 Å². The summed E-state index contributed by atoms with van der Waals surface area (Å²) in [6.07, 6.45) is 3.49. The Bertz CT molecular complexity index is 700. The Morgan fingerprint density at radius 1 is 1.05 bits per heavy atom. The van der Waals surface area contributed by atoms with Crippen LogP contribution in [0.3, 0.4) is 0 Å². The molecule has 0 aromatic carbocycles. The molecule has 5 nitrogen and oxygen atoms in total. The van der Waals surface area contributed by atoms with Crippen molar-refractivity contribution in [3.63, 3.8) is 0 Å². The highest BCUT2D eigenvalue weighted by atomic mass is 16.5. The average Bonchev–Trinajstić information content (AvgIpc) is 2.47. The zero-order chi connectivity index (χ0) is 13.1. The molecular formula is C14H12N4O. The summed E-state index contributed by atoms with van der Waals surface area (Å²) in [6, 6.07) is 11.3. The maximum Gasteiger partial charge on any atom is 0.213 e. The number of anilines is 2. The lowest BCUT2D eigenvalue weighted by atomic mass is 10.3. The molecule has 1 N–H and O–H groups in total. The molecule has 3 heterocycles. The molecule has 0 amide bonds. The Morgan fingerprint density at radius 2 is 2.00 bits per heavy atom. The highest BCUT2D eigenvalue weighted by Gasteiger charge is 2.02. The minimum absolute atomic E-state index is 0.573. The van der Waals surface area contributed by atoms with Crippen LogP contribution in [-0.2, 0) is 0 Å². The predicted octanol–water partition coefficient (Wildman–Crippen LogP) is 2.78. The van der Waals surface area contributed by atoms with Gasteiger partial charge >= 0.3 is 0 Å². The summed E-state index contributed by atoms with van der Waals surface area (Å²) in [6.45, 7) is 0. The molecule has 3 rings (SSSR count). The fourth-order valence-corrected chi connectivity index (χ4v) is 1.75. The largest absolute Gasteiger partial charge is 0.481 e. The third-order valence-corrected chi connectivity index (χ3v) is 2.66. The van der Waals surface area contributed by atoms with E-state index in [-0.39, 0.29) is 0 Å². The summed E-state index contributed by atoms with van der Waals surface area (Å²) in [5, 5.41) is 3.18. The van der Waals surface area contributed by atoms with Crippen LogP contribution in [-0.4, -0.2) is 22.1 Å². The number of ether oxygens (including phenoxy) is 1. The van der Waals surface area contributed by atoms with Gasteiger partial charge in [-0.15, -0.1) is 0 Å². The molecule has 3 aromatic rings. The average molecular weight is 252 g/mol. The molecule has 3 aromatic heterocycles. The normalized spacial score (nSPS) is 10.4. The molecule has 0 aliphatic heterocycles. The maximum absolute atomic E-state index is 5.11. The summed E-state index contributed by atoms with van der Waals surface area (Å²) >= 11 is 0. The lowest BCUT2D eigenvalue weighted by Gasteiger charge is -2.06. The van der Waals surface area contributed by atoms with E-state index in [1.807, 2.05) is 30.3 Å². The lowest BCUT2D eigenvalue weighted by molar-refractivity contribution is 0.399. The number of nitrogens with zero attached hydrogens (tertiary/aromatic N) is 3. The second kappa shape index (κ2) is 4.89. The van der Waals surface area contributed by atoms with Crippen LogP contribution in [0.1, 0.15) is 0 Å². The first-order chi connectivity index (χ1) is 9.35. The van der Waals surface area contributed by atoms with Crippen LogP contribution in [0.25, 0.3) is 11.0 Å². The molecule has 94 valence electrons. The Labute approximate surface area is 110 Å². The molecule has 0 fully saturated rings. The van der Waals surface area contributed by atoms with Gasteiger partial charge in [-0.05, 0) is 24.3 Å². The van der Waals surface area contributed by atoms with E-state index >= 15 is 0 Å². The molecular weight excluding hydrogens is 240 g/mol. The smallest absolute Gasteiger partial charge is 0.213 e. The van der Waals surface area contributed by atoms with Crippen LogP contribution in [0.4, 0.5) is 11.5 Å². The number of pyridine rings is 3. The number of hydrogen-bond donors (Lipinski definition) is 1. The predicted molar refractivity (Wildman–Crippen MR) is 73.6 cm³/mol. The Morgan fingerprint density at radius 3 is 2.79 bits per heavy atom. The van der Waals surface area contributed by atoms with Gasteiger partial charge in [0.05, 0.1) is 30.0 Å². The van der Waals surface area contributed by atoms with Gasteiger partial charge in [0.15, 0.2) is 0 Å². The van der Waals surface area contributed by atoms with Crippen molar-refractivity contribution in [2.45, 2.75) is 0 Å². The zero-order valence-corrected chi connectivity index (χ0v) is 10.4. The van der Waals surface area contributed by atoms with E-state index in [0.29, 0.717) is 5.88 Å². The minimum Gasteiger partial charge on any atom is -0.481 e. The highest BCUT2D eigenvalue weighted by Crippen LogP contribution is 2.20. The topological polar surface area (TPSA) is 59.9 Å². The highest BCUT2D eigenvalue weighted by molar-refractivity contribution is 5.79. The monoisotopic (exact) mass is 252 g/mol. The summed E-state index contributed by atoms with van der Waals surface area (Å²) in [4.78, 5) is 12.9. The summed E-state index contributed by atoms with van der Waals surface area (Å²) in [7, 11) is 1.59. The Hall–Kier alpha value is -2.69. The van der Waals surface area contributed by atoms with Gasteiger partial charge in [0.1, 0.15) is 5.82 Å². The van der Waals surface area contributed by atoms with Gasteiger partial charge in [-0.1, -0.05) is 6.07 Å². The van der Waals surface area contributed by atoms with E-state index in [9.17, 15) is 0 Å². The fourth-order valence-electron chi connectivity index (χ4n) is 1.75. The van der Waals surface area contributed by atoms with E-state index in [0.717, 1.165) is 22.5 Å². The van der Waals surface area contributed by atoms with Crippen molar-refractivity contribution in [2.75, 3.05) is 12.4 Å². The van der Waals surface area contributed by atoms with Crippen molar-refractivity contribution in [1.29, 1.82) is 0 Å². The quantitative estimate of drug-likeness (QED) is 0.776. The van der Waals surface area contributed by atoms with Gasteiger partial charge < -0.3 is 10.1 Å². The number of aromatic nitrogens is 3. The summed E-state index contributed by atoms with van der Waals surface area (Å²) < 4.78 is 5.11. The molecule has 0 aliphatic rings. The van der Waals surface area contributed by atoms with Crippen molar-refractivity contribution < 1.29 is 4.74 Å². The first kappa shape index (κ1) is 11.4. The van der Waals surface area contributed by atoms with Crippen molar-refractivity contribution in [3.05, 3.63) is 48.8 Å². The van der Waals surface area contributed by atoms with Crippen LogP contribution in [0.5, 0.6) is 5.88 Å². The van der Waals surface area contributed by atoms with Crippen LogP contribution < -0.4 is 10.1 Å². The molecule has 0 aliphatic carbocycles. The molecule has 0 radical (unpaired) electrons. The minimum atomic E-state index is 0.573. The van der Waals surface area contributed by atoms with Gasteiger partial charge in [-0.2, -0.15) is 0 Å². The third kappa shape index (κ3) is 2.44. The fraction of sp³-hybridized carbons (Fsp3) is 0.0714. The van der Waals surface area contributed by atoms with Crippen LogP contribution in [0.15, 0.2) is 48.8 Å². The van der Waals surface area contributed by atoms with Gasteiger partial charge in [0.2, 0.25) is 5.88 Å². The number of rotatable bonds is 3. The molecule has 0 bridgehead atoms. The second-order valence-corrected chi connectivity index (χ2v) is 3.96. The van der Waals surface area contributed by atoms with E-state index < -0.39 is 0 Å². The van der Waals surface area contributed by atoms with Crippen molar-refractivity contribution in [1.82, 2.24) is 15.0 Å². The van der Waals surface area contributed by atoms with Gasteiger partial charge in [-0.25, -0.2) is 9.97 Å². The summed E-state index contributed by atoms with van der Waals surface area (Å²) in [5.74, 6) is 1.34. The lowest BCUT2D eigenvalue weighted by Crippen LogP contribution is -1.95. The van der Waals surface area contributed by atoms with Gasteiger partial charge in [0, 0.05) is 12.3 Å². The second-order valence-electron chi connectivity index (χ2n) is 3.96. The molecule has 5 heteroatoms. The summed E-state index contributed by atoms with van der Waals surface area (Å²) in [5.41, 5.74) is 2.44. The first-order valence-electron chi connectivity index (χ1n) is 5.84. The number of methoxy groups -OCH3 is 1. The van der Waals surface area contributed by atoms with Crippen molar-refractivity contribution in [2.24, 2.45) is 0 Å². The number of nitrogens with one attached hydrogen (secondary N) is 1. The SMILES string of the molecule is COc1ccc2ncc(Nc3ccccn3)cc2n1. The Kier molecular flexibility index (Phi) is 2.94. The van der Waals surface area contributed by atoms with Crippen LogP contribution in [0.2, 0.25) is 0 Å². The molecule has 0 spiro atoms. The molecule has 19 heavy (non-hydrogen) atoms. The molecule has 0 unspecified atom stereocenters. The molecule has 0 saturated heterocycles. The molecule has 0 atom stereocenters. The maximum atomic E-state index is 5.11. The zero-order valence-electron chi connectivity index (χ0n) is 10.4. The number of fused-ring (bicyclic) bond motifs is 1. The van der Waals surface area contributed by atoms with Crippen molar-refractivity contribution in [3.8, 4) is 5.88 Å². The van der Waals surface area contributed by atoms with E-state index in [4.69, 9.17) is 4.74 Å². The van der Waals surface area contributed by atoms with E-state index in [1.54, 1.807) is 25.6 Å². The standard InChI is InChI=1S/C14H12N4O/c1-19-14-6-5-11-12(18-14)8-10(9-16-11)17-13-4-2-3-7-15-13/h2-9H,1H3,(H,15,17). The van der Waals surface area contributed by atoms with Gasteiger partial charge in [-0.3, -0.25) is 4.98 Å². The van der Waals surface area contributed by atoms with Crippen molar-refractivity contribution >= 4 is 22.5 Å². The van der Waals surface area contributed by atoms with Crippen LogP contribution >= 0.6 is 0 Å². The van der Waals surface area contributed by atoms with Crippen LogP contribution in [0, 0.1) is 0 Å². The number of hydrogen-bond acceptors (Lipinski definition) is 5. The Balaban J connectivity index is 1.96. The first-order valence-corrected chi connectivity index (χ1v) is 5.84.